The van der Waals surface area contributed by atoms with Gasteiger partial charge in [-0.3, -0.25) is 10.00 Å². The van der Waals surface area contributed by atoms with E-state index in [0.717, 1.165) is 50.1 Å². The van der Waals surface area contributed by atoms with E-state index in [1.54, 1.807) is 0 Å². The van der Waals surface area contributed by atoms with Crippen molar-refractivity contribution in [3.63, 3.8) is 0 Å². The molecule has 25 heavy (non-hydrogen) atoms. The van der Waals surface area contributed by atoms with Gasteiger partial charge in [-0.05, 0) is 37.8 Å². The highest BCUT2D eigenvalue weighted by molar-refractivity contribution is 5.39. The lowest BCUT2D eigenvalue weighted by molar-refractivity contribution is 0.134. The van der Waals surface area contributed by atoms with Gasteiger partial charge in [0.1, 0.15) is 11.6 Å². The molecule has 2 aromatic rings. The number of nitrogens with one attached hydrogen (secondary N) is 1. The lowest BCUT2D eigenvalue weighted by Gasteiger charge is -2.40. The summed E-state index contributed by atoms with van der Waals surface area (Å²) in [5.41, 5.74) is 2.79. The zero-order valence-electron chi connectivity index (χ0n) is 15.4. The van der Waals surface area contributed by atoms with E-state index < -0.39 is 0 Å². The fourth-order valence-corrected chi connectivity index (χ4v) is 4.28. The minimum absolute atomic E-state index is 0.175. The van der Waals surface area contributed by atoms with Crippen molar-refractivity contribution in [3.05, 3.63) is 29.1 Å². The Balaban J connectivity index is 1.56. The van der Waals surface area contributed by atoms with Crippen LogP contribution in [0.3, 0.4) is 0 Å². The summed E-state index contributed by atoms with van der Waals surface area (Å²) in [5.74, 6) is 2.69. The molecular weight excluding hydrogens is 314 g/mol. The van der Waals surface area contributed by atoms with E-state index in [-0.39, 0.29) is 5.41 Å². The molecule has 1 saturated heterocycles. The maximum Gasteiger partial charge on any atom is 0.225 e. The van der Waals surface area contributed by atoms with Gasteiger partial charge in [-0.1, -0.05) is 6.92 Å². The first-order valence-electron chi connectivity index (χ1n) is 9.26. The summed E-state index contributed by atoms with van der Waals surface area (Å²) in [7, 11) is 4.01. The molecule has 1 aliphatic carbocycles. The van der Waals surface area contributed by atoms with Crippen molar-refractivity contribution in [2.24, 2.45) is 0 Å². The predicted molar refractivity (Wildman–Crippen MR) is 96.6 cm³/mol. The molecule has 0 radical (unpaired) electrons. The largest absolute Gasteiger partial charge is 0.347 e. The molecule has 1 spiro atoms. The number of aryl methyl sites for hydroxylation is 2. The van der Waals surface area contributed by atoms with Crippen LogP contribution in [-0.4, -0.2) is 57.2 Å². The van der Waals surface area contributed by atoms with Crippen molar-refractivity contribution in [2.75, 3.05) is 32.1 Å². The fraction of sp³-hybridized carbons (Fsp3) is 0.667. The topological polar surface area (TPSA) is 73.8 Å². The number of fused-ring (bicyclic) bond motifs is 2. The first-order valence-corrected chi connectivity index (χ1v) is 9.26. The quantitative estimate of drug-likeness (QED) is 0.912. The lowest BCUT2D eigenvalue weighted by atomic mass is 9.77. The van der Waals surface area contributed by atoms with Gasteiger partial charge in [-0.15, -0.1) is 0 Å². The van der Waals surface area contributed by atoms with E-state index in [0.29, 0.717) is 0 Å². The Morgan fingerprint density at radius 1 is 1.28 bits per heavy atom. The van der Waals surface area contributed by atoms with Gasteiger partial charge >= 0.3 is 0 Å². The highest BCUT2D eigenvalue weighted by atomic mass is 15.3. The van der Waals surface area contributed by atoms with E-state index in [1.165, 1.54) is 30.5 Å². The van der Waals surface area contributed by atoms with E-state index >= 15 is 0 Å². The van der Waals surface area contributed by atoms with Crippen LogP contribution in [0, 0.1) is 0 Å². The van der Waals surface area contributed by atoms with Gasteiger partial charge < -0.3 is 4.90 Å². The van der Waals surface area contributed by atoms with Crippen LogP contribution >= 0.6 is 0 Å². The summed E-state index contributed by atoms with van der Waals surface area (Å²) in [6.45, 7) is 5.09. The molecule has 7 heteroatoms. The summed E-state index contributed by atoms with van der Waals surface area (Å²) in [5, 5.41) is 7.36. The molecular formula is C18H27N7. The van der Waals surface area contributed by atoms with Gasteiger partial charge in [-0.2, -0.15) is 5.10 Å². The van der Waals surface area contributed by atoms with E-state index in [9.17, 15) is 0 Å². The molecule has 1 N–H and O–H groups in total. The van der Waals surface area contributed by atoms with Gasteiger partial charge in [0.25, 0.3) is 0 Å². The van der Waals surface area contributed by atoms with Crippen molar-refractivity contribution in [1.82, 2.24) is 30.0 Å². The van der Waals surface area contributed by atoms with Crippen molar-refractivity contribution < 1.29 is 0 Å². The number of H-pyrrole nitrogens is 1. The Hall–Kier alpha value is -2.02. The van der Waals surface area contributed by atoms with Crippen LogP contribution in [0.2, 0.25) is 0 Å². The van der Waals surface area contributed by atoms with Gasteiger partial charge in [0, 0.05) is 38.7 Å². The van der Waals surface area contributed by atoms with Gasteiger partial charge in [0.2, 0.25) is 5.95 Å². The Morgan fingerprint density at radius 3 is 2.92 bits per heavy atom. The number of nitrogens with zero attached hydrogens (tertiary/aromatic N) is 6. The zero-order valence-corrected chi connectivity index (χ0v) is 15.4. The number of aromatic amines is 1. The second kappa shape index (κ2) is 6.37. The molecule has 1 aliphatic heterocycles. The Bertz CT molecular complexity index is 750. The predicted octanol–water partition coefficient (Wildman–Crippen LogP) is 1.70. The number of hydrogen-bond acceptors (Lipinski definition) is 6. The molecule has 1 unspecified atom stereocenters. The first-order chi connectivity index (χ1) is 12.1. The van der Waals surface area contributed by atoms with Crippen LogP contribution in [0.1, 0.15) is 49.1 Å². The summed E-state index contributed by atoms with van der Waals surface area (Å²) in [4.78, 5) is 18.5. The Morgan fingerprint density at radius 2 is 2.16 bits per heavy atom. The Labute approximate surface area is 148 Å². The molecule has 7 nitrogen and oxygen atoms in total. The SMILES string of the molecule is CCc1n[nH]c(CN2CCCC3(CCc4cnc(N(C)C)nc43)C2)n1. The van der Waals surface area contributed by atoms with Crippen LogP contribution in [-0.2, 0) is 24.8 Å². The Kier molecular flexibility index (Phi) is 4.19. The van der Waals surface area contributed by atoms with E-state index in [2.05, 4.69) is 32.0 Å². The molecule has 2 aromatic heterocycles. The number of anilines is 1. The third-order valence-electron chi connectivity index (χ3n) is 5.55. The van der Waals surface area contributed by atoms with Crippen LogP contribution in [0.15, 0.2) is 6.20 Å². The van der Waals surface area contributed by atoms with Crippen molar-refractivity contribution in [1.29, 1.82) is 0 Å². The van der Waals surface area contributed by atoms with Crippen molar-refractivity contribution >= 4 is 5.95 Å². The number of hydrogen-bond donors (Lipinski definition) is 1. The summed E-state index contributed by atoms with van der Waals surface area (Å²) >= 11 is 0. The van der Waals surface area contributed by atoms with Gasteiger partial charge in [-0.25, -0.2) is 15.0 Å². The summed E-state index contributed by atoms with van der Waals surface area (Å²) in [6, 6.07) is 0. The average Bonchev–Trinajstić information content (AvgIpc) is 3.20. The zero-order chi connectivity index (χ0) is 17.4. The number of rotatable bonds is 4. The van der Waals surface area contributed by atoms with Crippen LogP contribution in [0.25, 0.3) is 0 Å². The highest BCUT2D eigenvalue weighted by Gasteiger charge is 2.43. The average molecular weight is 341 g/mol. The van der Waals surface area contributed by atoms with Crippen LogP contribution in [0.4, 0.5) is 5.95 Å². The molecule has 3 heterocycles. The maximum absolute atomic E-state index is 4.94. The molecule has 1 fully saturated rings. The van der Waals surface area contributed by atoms with Crippen LogP contribution < -0.4 is 4.90 Å². The lowest BCUT2D eigenvalue weighted by Crippen LogP contribution is -2.45. The molecule has 0 bridgehead atoms. The standard InChI is InChI=1S/C18H27N7/c1-4-14-20-15(23-22-14)11-25-9-5-7-18(12-25)8-6-13-10-19-17(24(2)3)21-16(13)18/h10H,4-9,11-12H2,1-3H3,(H,20,22,23). The molecule has 1 atom stereocenters. The number of piperidine rings is 1. The summed E-state index contributed by atoms with van der Waals surface area (Å²) in [6.07, 6.45) is 7.61. The fourth-order valence-electron chi connectivity index (χ4n) is 4.28. The monoisotopic (exact) mass is 341 g/mol. The molecule has 4 rings (SSSR count). The van der Waals surface area contributed by atoms with Gasteiger partial charge in [0.05, 0.1) is 12.2 Å². The van der Waals surface area contributed by atoms with Gasteiger partial charge in [0.15, 0.2) is 0 Å². The smallest absolute Gasteiger partial charge is 0.225 e. The van der Waals surface area contributed by atoms with E-state index in [1.807, 2.05) is 25.2 Å². The molecule has 0 saturated carbocycles. The summed E-state index contributed by atoms with van der Waals surface area (Å²) < 4.78 is 0. The molecule has 2 aliphatic rings. The third-order valence-corrected chi connectivity index (χ3v) is 5.55. The normalized spacial score (nSPS) is 23.2. The van der Waals surface area contributed by atoms with Crippen molar-refractivity contribution in [2.45, 2.75) is 51.0 Å². The third kappa shape index (κ3) is 3.01. The molecule has 0 aromatic carbocycles. The maximum atomic E-state index is 4.94. The number of likely N-dealkylation sites (tertiary alicyclic amines) is 1. The van der Waals surface area contributed by atoms with Crippen molar-refractivity contribution in [3.8, 4) is 0 Å². The van der Waals surface area contributed by atoms with Crippen LogP contribution in [0.5, 0.6) is 0 Å². The number of aromatic nitrogens is 5. The molecule has 134 valence electrons. The first kappa shape index (κ1) is 16.4. The molecule has 0 amide bonds. The van der Waals surface area contributed by atoms with E-state index in [4.69, 9.17) is 4.98 Å². The highest BCUT2D eigenvalue weighted by Crippen LogP contribution is 2.44. The minimum Gasteiger partial charge on any atom is -0.347 e. The minimum atomic E-state index is 0.175. The second-order valence-corrected chi connectivity index (χ2v) is 7.58. The second-order valence-electron chi connectivity index (χ2n) is 7.58.